The fourth-order valence-electron chi connectivity index (χ4n) is 3.73. The first-order chi connectivity index (χ1) is 10.3. The molecule has 2 fully saturated rings. The van der Waals surface area contributed by atoms with Gasteiger partial charge in [-0.05, 0) is 30.0 Å². The first-order valence-electron chi connectivity index (χ1n) is 7.74. The summed E-state index contributed by atoms with van der Waals surface area (Å²) in [5.41, 5.74) is 2.28. The molecule has 3 nitrogen and oxygen atoms in total. The van der Waals surface area contributed by atoms with Crippen molar-refractivity contribution in [3.8, 4) is 0 Å². The highest BCUT2D eigenvalue weighted by molar-refractivity contribution is 5.49. The van der Waals surface area contributed by atoms with E-state index in [4.69, 9.17) is 0 Å². The number of allylic oxidation sites excluding steroid dienone is 4. The molecule has 4 heteroatoms. The quantitative estimate of drug-likeness (QED) is 0.905. The van der Waals surface area contributed by atoms with E-state index in [0.717, 1.165) is 31.1 Å². The van der Waals surface area contributed by atoms with E-state index in [1.165, 1.54) is 12.1 Å². The first kappa shape index (κ1) is 13.0. The highest BCUT2D eigenvalue weighted by atomic mass is 19.1. The predicted molar refractivity (Wildman–Crippen MR) is 82.0 cm³/mol. The van der Waals surface area contributed by atoms with E-state index in [1.54, 1.807) is 12.2 Å². The topological polar surface area (TPSA) is 28.2 Å². The van der Waals surface area contributed by atoms with Crippen molar-refractivity contribution < 1.29 is 4.39 Å². The summed E-state index contributed by atoms with van der Waals surface area (Å²) < 4.78 is 13.5. The molecule has 4 rings (SSSR count). The molecule has 21 heavy (non-hydrogen) atoms. The Hall–Kier alpha value is -1.68. The number of pyridine rings is 1. The summed E-state index contributed by atoms with van der Waals surface area (Å²) in [6, 6.07) is 2.80. The van der Waals surface area contributed by atoms with E-state index in [0.29, 0.717) is 12.5 Å². The average Bonchev–Trinajstić information content (AvgIpc) is 2.86. The van der Waals surface area contributed by atoms with Gasteiger partial charge < -0.3 is 10.2 Å². The number of aromatic nitrogens is 1. The number of hydrogen-bond acceptors (Lipinski definition) is 3. The number of hydrogen-bond donors (Lipinski definition) is 1. The van der Waals surface area contributed by atoms with Gasteiger partial charge in [0.25, 0.3) is 0 Å². The molecular weight excluding hydrogens is 265 g/mol. The molecular formula is C17H20FN3. The van der Waals surface area contributed by atoms with Crippen molar-refractivity contribution >= 4 is 5.69 Å². The lowest BCUT2D eigenvalue weighted by molar-refractivity contribution is 0.474. The summed E-state index contributed by atoms with van der Waals surface area (Å²) in [6.07, 6.45) is 11.0. The van der Waals surface area contributed by atoms with Crippen LogP contribution in [0.2, 0.25) is 0 Å². The molecule has 110 valence electrons. The van der Waals surface area contributed by atoms with E-state index >= 15 is 0 Å². The van der Waals surface area contributed by atoms with Gasteiger partial charge in [0.15, 0.2) is 0 Å². The zero-order valence-corrected chi connectivity index (χ0v) is 12.0. The standard InChI is InChI=1S/C17H20FN3/c18-15-3-1-2-13(5-15)14-6-17(9-19-8-14)21-10-12-4-16(11-21)20-7-12/h1-3,6,8-9,12-13,16,20H,4-5,7,10-11H2. The Labute approximate surface area is 124 Å². The lowest BCUT2D eigenvalue weighted by Gasteiger charge is -2.33. The molecule has 1 aromatic rings. The van der Waals surface area contributed by atoms with Crippen molar-refractivity contribution in [1.82, 2.24) is 10.3 Å². The van der Waals surface area contributed by atoms with E-state index in [9.17, 15) is 4.39 Å². The van der Waals surface area contributed by atoms with Crippen LogP contribution in [-0.2, 0) is 0 Å². The first-order valence-corrected chi connectivity index (χ1v) is 7.74. The Morgan fingerprint density at radius 1 is 1.29 bits per heavy atom. The van der Waals surface area contributed by atoms with Crippen molar-refractivity contribution in [3.63, 3.8) is 0 Å². The van der Waals surface area contributed by atoms with Gasteiger partial charge >= 0.3 is 0 Å². The molecule has 1 aromatic heterocycles. The molecule has 3 atom stereocenters. The van der Waals surface area contributed by atoms with Gasteiger partial charge in [-0.15, -0.1) is 0 Å². The third-order valence-corrected chi connectivity index (χ3v) is 4.81. The molecule has 2 bridgehead atoms. The van der Waals surface area contributed by atoms with Crippen LogP contribution in [0.3, 0.4) is 0 Å². The van der Waals surface area contributed by atoms with E-state index in [1.807, 2.05) is 12.4 Å². The van der Waals surface area contributed by atoms with Crippen molar-refractivity contribution in [2.24, 2.45) is 5.92 Å². The van der Waals surface area contributed by atoms with Gasteiger partial charge in [-0.3, -0.25) is 4.98 Å². The second kappa shape index (κ2) is 5.26. The maximum Gasteiger partial charge on any atom is 0.101 e. The average molecular weight is 285 g/mol. The third-order valence-electron chi connectivity index (χ3n) is 4.81. The number of nitrogens with one attached hydrogen (secondary N) is 1. The minimum atomic E-state index is -0.0480. The highest BCUT2D eigenvalue weighted by Crippen LogP contribution is 2.32. The molecule has 1 aliphatic carbocycles. The van der Waals surface area contributed by atoms with Gasteiger partial charge in [-0.2, -0.15) is 0 Å². The maximum absolute atomic E-state index is 13.5. The summed E-state index contributed by atoms with van der Waals surface area (Å²) in [4.78, 5) is 6.82. The van der Waals surface area contributed by atoms with Crippen LogP contribution in [0, 0.1) is 5.92 Å². The van der Waals surface area contributed by atoms with E-state index in [2.05, 4.69) is 27.3 Å². The fourth-order valence-corrected chi connectivity index (χ4v) is 3.73. The van der Waals surface area contributed by atoms with Gasteiger partial charge in [0.2, 0.25) is 0 Å². The summed E-state index contributed by atoms with van der Waals surface area (Å²) in [5.74, 6) is 0.817. The Kier molecular flexibility index (Phi) is 3.26. The smallest absolute Gasteiger partial charge is 0.101 e. The summed E-state index contributed by atoms with van der Waals surface area (Å²) in [5, 5.41) is 3.57. The lowest BCUT2D eigenvalue weighted by Crippen LogP contribution is -2.41. The number of fused-ring (bicyclic) bond motifs is 2. The third kappa shape index (κ3) is 2.60. The van der Waals surface area contributed by atoms with Crippen LogP contribution >= 0.6 is 0 Å². The normalized spacial score (nSPS) is 31.4. The van der Waals surface area contributed by atoms with Crippen LogP contribution in [0.25, 0.3) is 0 Å². The summed E-state index contributed by atoms with van der Waals surface area (Å²) >= 11 is 0. The summed E-state index contributed by atoms with van der Waals surface area (Å²) in [7, 11) is 0. The molecule has 3 heterocycles. The van der Waals surface area contributed by atoms with Crippen LogP contribution in [0.1, 0.15) is 24.3 Å². The van der Waals surface area contributed by atoms with Gasteiger partial charge in [0, 0.05) is 44.2 Å². The van der Waals surface area contributed by atoms with Crippen LogP contribution in [0.15, 0.2) is 42.5 Å². The Morgan fingerprint density at radius 3 is 3.10 bits per heavy atom. The Bertz CT molecular complexity index is 583. The maximum atomic E-state index is 13.5. The van der Waals surface area contributed by atoms with Crippen molar-refractivity contribution in [3.05, 3.63) is 48.1 Å². The molecule has 0 spiro atoms. The van der Waals surface area contributed by atoms with Crippen molar-refractivity contribution in [2.45, 2.75) is 24.8 Å². The van der Waals surface area contributed by atoms with Gasteiger partial charge in [-0.25, -0.2) is 4.39 Å². The monoisotopic (exact) mass is 285 g/mol. The number of piperidine rings is 1. The van der Waals surface area contributed by atoms with E-state index in [-0.39, 0.29) is 11.7 Å². The molecule has 2 saturated heterocycles. The van der Waals surface area contributed by atoms with Crippen LogP contribution in [0.4, 0.5) is 10.1 Å². The van der Waals surface area contributed by atoms with Gasteiger partial charge in [0.1, 0.15) is 5.83 Å². The second-order valence-electron chi connectivity index (χ2n) is 6.40. The molecule has 1 N–H and O–H groups in total. The predicted octanol–water partition coefficient (Wildman–Crippen LogP) is 2.78. The zero-order valence-electron chi connectivity index (χ0n) is 12.0. The van der Waals surface area contributed by atoms with Crippen molar-refractivity contribution in [2.75, 3.05) is 24.5 Å². The number of halogens is 1. The number of nitrogens with zero attached hydrogens (tertiary/aromatic N) is 2. The number of rotatable bonds is 2. The Balaban J connectivity index is 1.56. The van der Waals surface area contributed by atoms with Crippen molar-refractivity contribution in [1.29, 1.82) is 0 Å². The van der Waals surface area contributed by atoms with E-state index < -0.39 is 0 Å². The fraction of sp³-hybridized carbons (Fsp3) is 0.471. The SMILES string of the molecule is FC1=CC=CC(c2cncc(N3CC4CNC(C4)C3)c2)C1. The lowest BCUT2D eigenvalue weighted by atomic mass is 9.92. The molecule has 0 aromatic carbocycles. The largest absolute Gasteiger partial charge is 0.368 e. The van der Waals surface area contributed by atoms with Gasteiger partial charge in [0.05, 0.1) is 11.9 Å². The zero-order chi connectivity index (χ0) is 14.2. The second-order valence-corrected chi connectivity index (χ2v) is 6.40. The highest BCUT2D eigenvalue weighted by Gasteiger charge is 2.32. The molecule has 3 aliphatic rings. The summed E-state index contributed by atoms with van der Waals surface area (Å²) in [6.45, 7) is 3.29. The molecule has 0 radical (unpaired) electrons. The minimum absolute atomic E-state index is 0.0480. The van der Waals surface area contributed by atoms with Crippen LogP contribution < -0.4 is 10.2 Å². The minimum Gasteiger partial charge on any atom is -0.368 e. The van der Waals surface area contributed by atoms with Crippen LogP contribution in [-0.4, -0.2) is 30.7 Å². The van der Waals surface area contributed by atoms with Crippen LogP contribution in [0.5, 0.6) is 0 Å². The molecule has 2 aliphatic heterocycles. The van der Waals surface area contributed by atoms with Gasteiger partial charge in [-0.1, -0.05) is 12.2 Å². The Morgan fingerprint density at radius 2 is 2.24 bits per heavy atom. The molecule has 0 saturated carbocycles. The molecule has 0 amide bonds. The molecule has 3 unspecified atom stereocenters. The number of anilines is 1.